The predicted molar refractivity (Wildman–Crippen MR) is 178 cm³/mol. The van der Waals surface area contributed by atoms with Gasteiger partial charge in [0, 0.05) is 11.4 Å². The second kappa shape index (κ2) is 10.5. The van der Waals surface area contributed by atoms with Crippen LogP contribution in [0.1, 0.15) is 11.1 Å². The van der Waals surface area contributed by atoms with Gasteiger partial charge in [0.1, 0.15) is 0 Å². The molecule has 0 N–H and O–H groups in total. The molecule has 4 heteroatoms. The van der Waals surface area contributed by atoms with Gasteiger partial charge in [-0.25, -0.2) is 0 Å². The molecule has 0 atom stereocenters. The number of anilines is 4. The molecule has 0 saturated carbocycles. The zero-order valence-corrected chi connectivity index (χ0v) is 24.6. The molecule has 1 heterocycles. The van der Waals surface area contributed by atoms with E-state index in [4.69, 9.17) is 0 Å². The normalized spacial score (nSPS) is 13.7. The Morgan fingerprint density at radius 3 is 1.21 bits per heavy atom. The molecule has 0 fully saturated rings. The molecule has 0 aromatic heterocycles. The fourth-order valence-electron chi connectivity index (χ4n) is 5.77. The minimum atomic E-state index is -3.53. The van der Waals surface area contributed by atoms with E-state index in [1.54, 1.807) is 0 Å². The standard InChI is InChI=1S/C38H31N2OP/c1-28-17-21-34(22-18-28)39-37-15-9-10-16-38(37)40(35-23-19-29(2)20-24-35)42(39,41)36-26-32(30-11-5-3-6-12-30)25-33(27-36)31-13-7-4-8-14-31/h3-27H,1-2H3. The van der Waals surface area contributed by atoms with E-state index in [-0.39, 0.29) is 0 Å². The monoisotopic (exact) mass is 562 g/mol. The molecule has 0 radical (unpaired) electrons. The molecule has 1 aliphatic rings. The number of benzene rings is 6. The first-order chi connectivity index (χ1) is 20.5. The van der Waals surface area contributed by atoms with Crippen molar-refractivity contribution in [3.63, 3.8) is 0 Å². The van der Waals surface area contributed by atoms with E-state index in [0.29, 0.717) is 0 Å². The Hall–Kier alpha value is -4.85. The highest BCUT2D eigenvalue weighted by Gasteiger charge is 2.49. The van der Waals surface area contributed by atoms with Gasteiger partial charge in [-0.05, 0) is 90.7 Å². The van der Waals surface area contributed by atoms with Crippen LogP contribution >= 0.6 is 7.44 Å². The summed E-state index contributed by atoms with van der Waals surface area (Å²) in [6.07, 6.45) is 0. The first-order valence-electron chi connectivity index (χ1n) is 14.2. The Bertz CT molecular complexity index is 1780. The Balaban J connectivity index is 1.55. The summed E-state index contributed by atoms with van der Waals surface area (Å²) in [6.45, 7) is 4.16. The molecule has 1 aliphatic heterocycles. The van der Waals surface area contributed by atoms with Gasteiger partial charge in [0.15, 0.2) is 0 Å². The average Bonchev–Trinajstić information content (AvgIpc) is 3.31. The maximum atomic E-state index is 16.3. The fourth-order valence-corrected chi connectivity index (χ4v) is 8.84. The molecule has 0 unspecified atom stereocenters. The van der Waals surface area contributed by atoms with Crippen LogP contribution in [0.25, 0.3) is 22.3 Å². The average molecular weight is 563 g/mol. The molecule has 0 bridgehead atoms. The highest BCUT2D eigenvalue weighted by Crippen LogP contribution is 2.70. The topological polar surface area (TPSA) is 23.6 Å². The molecule has 0 saturated heterocycles. The van der Waals surface area contributed by atoms with E-state index in [1.807, 2.05) is 24.3 Å². The van der Waals surface area contributed by atoms with E-state index in [0.717, 1.165) is 61.4 Å². The summed E-state index contributed by atoms with van der Waals surface area (Å²) in [6, 6.07) is 52.0. The number of aryl methyl sites for hydroxylation is 2. The zero-order chi connectivity index (χ0) is 28.7. The van der Waals surface area contributed by atoms with Crippen molar-refractivity contribution >= 4 is 35.5 Å². The van der Waals surface area contributed by atoms with Crippen molar-refractivity contribution in [3.05, 3.63) is 163 Å². The second-order valence-corrected chi connectivity index (χ2v) is 13.2. The van der Waals surface area contributed by atoms with Crippen molar-refractivity contribution in [3.8, 4) is 22.3 Å². The summed E-state index contributed by atoms with van der Waals surface area (Å²) in [4.78, 5) is 0. The number of nitrogens with zero attached hydrogens (tertiary/aromatic N) is 2. The van der Waals surface area contributed by atoms with Crippen molar-refractivity contribution in [1.82, 2.24) is 0 Å². The summed E-state index contributed by atoms with van der Waals surface area (Å²) < 4.78 is 20.5. The van der Waals surface area contributed by atoms with E-state index < -0.39 is 7.44 Å². The Kier molecular flexibility index (Phi) is 6.53. The van der Waals surface area contributed by atoms with Crippen LogP contribution in [0.4, 0.5) is 22.7 Å². The summed E-state index contributed by atoms with van der Waals surface area (Å²) in [5.74, 6) is 0. The van der Waals surface area contributed by atoms with Gasteiger partial charge >= 0.3 is 7.44 Å². The lowest BCUT2D eigenvalue weighted by atomic mass is 9.99. The minimum Gasteiger partial charge on any atom is -0.270 e. The quantitative estimate of drug-likeness (QED) is 0.195. The number of para-hydroxylation sites is 2. The number of rotatable bonds is 5. The van der Waals surface area contributed by atoms with Gasteiger partial charge < -0.3 is 0 Å². The lowest BCUT2D eigenvalue weighted by molar-refractivity contribution is 0.582. The van der Waals surface area contributed by atoms with E-state index >= 15 is 4.57 Å². The van der Waals surface area contributed by atoms with Crippen LogP contribution in [0.15, 0.2) is 152 Å². The summed E-state index contributed by atoms with van der Waals surface area (Å²) in [5.41, 5.74) is 10.2. The van der Waals surface area contributed by atoms with Crippen molar-refractivity contribution < 1.29 is 4.57 Å². The molecular weight excluding hydrogens is 531 g/mol. The Morgan fingerprint density at radius 1 is 0.429 bits per heavy atom. The molecule has 0 spiro atoms. The van der Waals surface area contributed by atoms with Crippen LogP contribution in [0.3, 0.4) is 0 Å². The largest absolute Gasteiger partial charge is 0.301 e. The summed E-state index contributed by atoms with van der Waals surface area (Å²) in [5, 5.41) is 0.778. The fraction of sp³-hybridized carbons (Fsp3) is 0.0526. The Labute approximate surface area is 247 Å². The maximum Gasteiger partial charge on any atom is 0.301 e. The molecule has 7 rings (SSSR count). The maximum absolute atomic E-state index is 16.3. The first-order valence-corrected chi connectivity index (χ1v) is 15.8. The van der Waals surface area contributed by atoms with Gasteiger partial charge in [-0.15, -0.1) is 0 Å². The SMILES string of the molecule is Cc1ccc(N2c3ccccc3N(c3ccc(C)cc3)P2(=O)c2cc(-c3ccccc3)cc(-c3ccccc3)c2)cc1. The molecule has 3 nitrogen and oxygen atoms in total. The van der Waals surface area contributed by atoms with Gasteiger partial charge in [-0.3, -0.25) is 13.9 Å². The van der Waals surface area contributed by atoms with Crippen LogP contribution < -0.4 is 14.6 Å². The van der Waals surface area contributed by atoms with Gasteiger partial charge in [-0.1, -0.05) is 108 Å². The molecule has 42 heavy (non-hydrogen) atoms. The highest BCUT2D eigenvalue weighted by atomic mass is 31.2. The van der Waals surface area contributed by atoms with Gasteiger partial charge in [0.25, 0.3) is 0 Å². The third-order valence-corrected chi connectivity index (χ3v) is 10.8. The van der Waals surface area contributed by atoms with Crippen molar-refractivity contribution in [2.45, 2.75) is 13.8 Å². The number of hydrogen-bond acceptors (Lipinski definition) is 1. The van der Waals surface area contributed by atoms with Crippen LogP contribution in [-0.2, 0) is 4.57 Å². The van der Waals surface area contributed by atoms with Gasteiger partial charge in [0.05, 0.1) is 16.7 Å². The molecular formula is C38H31N2OP. The third-order valence-electron chi connectivity index (χ3n) is 7.91. The van der Waals surface area contributed by atoms with Crippen LogP contribution in [0.5, 0.6) is 0 Å². The minimum absolute atomic E-state index is 0.778. The van der Waals surface area contributed by atoms with Crippen molar-refractivity contribution in [1.29, 1.82) is 0 Å². The van der Waals surface area contributed by atoms with E-state index in [2.05, 4.69) is 151 Å². The zero-order valence-electron chi connectivity index (χ0n) is 23.7. The lowest BCUT2D eigenvalue weighted by Crippen LogP contribution is -2.27. The molecule has 6 aromatic rings. The summed E-state index contributed by atoms with van der Waals surface area (Å²) in [7, 11) is -3.53. The second-order valence-electron chi connectivity index (χ2n) is 10.8. The number of hydrogen-bond donors (Lipinski definition) is 0. The van der Waals surface area contributed by atoms with E-state index in [9.17, 15) is 0 Å². The smallest absolute Gasteiger partial charge is 0.270 e. The van der Waals surface area contributed by atoms with Crippen molar-refractivity contribution in [2.75, 3.05) is 9.34 Å². The third kappa shape index (κ3) is 4.43. The Morgan fingerprint density at radius 2 is 0.810 bits per heavy atom. The molecule has 0 amide bonds. The van der Waals surface area contributed by atoms with E-state index in [1.165, 1.54) is 0 Å². The molecule has 0 aliphatic carbocycles. The summed E-state index contributed by atoms with van der Waals surface area (Å²) >= 11 is 0. The lowest BCUT2D eigenvalue weighted by Gasteiger charge is -2.34. The van der Waals surface area contributed by atoms with Crippen molar-refractivity contribution in [2.24, 2.45) is 0 Å². The van der Waals surface area contributed by atoms with Crippen LogP contribution in [0, 0.1) is 13.8 Å². The van der Waals surface area contributed by atoms with Gasteiger partial charge in [-0.2, -0.15) is 0 Å². The van der Waals surface area contributed by atoms with Crippen LogP contribution in [0.2, 0.25) is 0 Å². The van der Waals surface area contributed by atoms with Crippen LogP contribution in [-0.4, -0.2) is 0 Å². The molecule has 204 valence electrons. The first kappa shape index (κ1) is 26.1. The molecule has 6 aromatic carbocycles. The highest BCUT2D eigenvalue weighted by molar-refractivity contribution is 7.76. The predicted octanol–water partition coefficient (Wildman–Crippen LogP) is 10.4. The van der Waals surface area contributed by atoms with Gasteiger partial charge in [0.2, 0.25) is 0 Å². The number of fused-ring (bicyclic) bond motifs is 1.